The Bertz CT molecular complexity index is 231. The molecule has 5 nitrogen and oxygen atoms in total. The second-order valence-electron chi connectivity index (χ2n) is 3.62. The van der Waals surface area contributed by atoms with Crippen LogP contribution < -0.4 is 5.32 Å². The molecule has 0 amide bonds. The van der Waals surface area contributed by atoms with Crippen LogP contribution in [0.3, 0.4) is 0 Å². The fourth-order valence-electron chi connectivity index (χ4n) is 1.32. The lowest BCUT2D eigenvalue weighted by Gasteiger charge is -2.16. The third-order valence-electron chi connectivity index (χ3n) is 2.17. The topological polar surface area (TPSA) is 64.6 Å². The molecule has 0 aliphatic heterocycles. The molecule has 0 spiro atoms. The second-order valence-corrected chi connectivity index (χ2v) is 3.62. The standard InChI is InChI=1S/C12H23NO4/c1-4-7-8-13-10(12(15)17-6-3)9-11(14)16-5-2/h10,13H,4-9H2,1-3H3/t10-/m0/s1. The molecule has 0 rings (SSSR count). The quantitative estimate of drug-likeness (QED) is 0.489. The Morgan fingerprint density at radius 3 is 2.29 bits per heavy atom. The Balaban J connectivity index is 4.18. The lowest BCUT2D eigenvalue weighted by Crippen LogP contribution is -2.40. The highest BCUT2D eigenvalue weighted by molar-refractivity contribution is 5.82. The maximum Gasteiger partial charge on any atom is 0.323 e. The van der Waals surface area contributed by atoms with Gasteiger partial charge in [-0.15, -0.1) is 0 Å². The maximum absolute atomic E-state index is 11.6. The summed E-state index contributed by atoms with van der Waals surface area (Å²) in [6, 6.07) is -0.597. The van der Waals surface area contributed by atoms with E-state index >= 15 is 0 Å². The molecule has 0 aliphatic rings. The Morgan fingerprint density at radius 1 is 1.12 bits per heavy atom. The zero-order chi connectivity index (χ0) is 13.1. The minimum atomic E-state index is -0.597. The first-order valence-electron chi connectivity index (χ1n) is 6.21. The van der Waals surface area contributed by atoms with Crippen LogP contribution in [-0.2, 0) is 19.1 Å². The van der Waals surface area contributed by atoms with Crippen LogP contribution in [0.5, 0.6) is 0 Å². The molecule has 0 radical (unpaired) electrons. The van der Waals surface area contributed by atoms with Crippen molar-refractivity contribution < 1.29 is 19.1 Å². The number of carbonyl (C=O) groups excluding carboxylic acids is 2. The first-order chi connectivity index (χ1) is 8.15. The summed E-state index contributed by atoms with van der Waals surface area (Å²) < 4.78 is 9.72. The van der Waals surface area contributed by atoms with Gasteiger partial charge in [0.2, 0.25) is 0 Å². The normalized spacial score (nSPS) is 11.9. The predicted octanol–water partition coefficient (Wildman–Crippen LogP) is 1.26. The lowest BCUT2D eigenvalue weighted by molar-refractivity contribution is -0.152. The summed E-state index contributed by atoms with van der Waals surface area (Å²) in [5.74, 6) is -0.772. The van der Waals surface area contributed by atoms with Gasteiger partial charge in [0.1, 0.15) is 6.04 Å². The van der Waals surface area contributed by atoms with Crippen molar-refractivity contribution in [1.82, 2.24) is 5.32 Å². The molecule has 0 heterocycles. The van der Waals surface area contributed by atoms with Crippen molar-refractivity contribution in [3.8, 4) is 0 Å². The SMILES string of the molecule is CCCCN[C@@H](CC(=O)OCC)C(=O)OCC. The number of hydrogen-bond donors (Lipinski definition) is 1. The number of carbonyl (C=O) groups is 2. The molecule has 1 atom stereocenters. The fraction of sp³-hybridized carbons (Fsp3) is 0.833. The number of esters is 2. The molecule has 0 fully saturated rings. The van der Waals surface area contributed by atoms with E-state index in [-0.39, 0.29) is 12.4 Å². The van der Waals surface area contributed by atoms with Crippen LogP contribution >= 0.6 is 0 Å². The number of hydrogen-bond acceptors (Lipinski definition) is 5. The molecule has 0 aromatic heterocycles. The van der Waals surface area contributed by atoms with Gasteiger partial charge in [-0.2, -0.15) is 0 Å². The van der Waals surface area contributed by atoms with Gasteiger partial charge in [0.05, 0.1) is 19.6 Å². The van der Waals surface area contributed by atoms with Crippen molar-refractivity contribution in [2.24, 2.45) is 0 Å². The molecule has 0 bridgehead atoms. The molecule has 17 heavy (non-hydrogen) atoms. The van der Waals surface area contributed by atoms with Gasteiger partial charge in [-0.05, 0) is 26.8 Å². The zero-order valence-electron chi connectivity index (χ0n) is 11.0. The molecule has 100 valence electrons. The smallest absolute Gasteiger partial charge is 0.323 e. The van der Waals surface area contributed by atoms with Gasteiger partial charge in [0.25, 0.3) is 0 Å². The second kappa shape index (κ2) is 10.1. The van der Waals surface area contributed by atoms with Crippen LogP contribution in [0.15, 0.2) is 0 Å². The molecule has 0 saturated heterocycles. The highest BCUT2D eigenvalue weighted by Gasteiger charge is 2.22. The van der Waals surface area contributed by atoms with E-state index in [1.807, 2.05) is 0 Å². The predicted molar refractivity (Wildman–Crippen MR) is 64.6 cm³/mol. The highest BCUT2D eigenvalue weighted by atomic mass is 16.5. The van der Waals surface area contributed by atoms with Gasteiger partial charge in [0.15, 0.2) is 0 Å². The number of nitrogens with one attached hydrogen (secondary N) is 1. The minimum Gasteiger partial charge on any atom is -0.466 e. The Morgan fingerprint density at radius 2 is 1.76 bits per heavy atom. The van der Waals surface area contributed by atoms with Crippen LogP contribution in [0.25, 0.3) is 0 Å². The van der Waals surface area contributed by atoms with E-state index in [1.54, 1.807) is 13.8 Å². The van der Waals surface area contributed by atoms with Gasteiger partial charge in [-0.25, -0.2) is 0 Å². The van der Waals surface area contributed by atoms with Gasteiger partial charge in [0, 0.05) is 0 Å². The van der Waals surface area contributed by atoms with Gasteiger partial charge in [-0.1, -0.05) is 13.3 Å². The van der Waals surface area contributed by atoms with Crippen molar-refractivity contribution >= 4 is 11.9 Å². The Labute approximate surface area is 103 Å². The van der Waals surface area contributed by atoms with Crippen LogP contribution in [0.1, 0.15) is 40.0 Å². The number of ether oxygens (including phenoxy) is 2. The summed E-state index contributed by atoms with van der Waals surface area (Å²) in [5.41, 5.74) is 0. The molecule has 0 aliphatic carbocycles. The van der Waals surface area contributed by atoms with E-state index in [0.717, 1.165) is 12.8 Å². The minimum absolute atomic E-state index is 0.0242. The Kier molecular flexibility index (Phi) is 9.43. The summed E-state index contributed by atoms with van der Waals surface area (Å²) in [7, 11) is 0. The van der Waals surface area contributed by atoms with Crippen LogP contribution in [0, 0.1) is 0 Å². The van der Waals surface area contributed by atoms with E-state index in [0.29, 0.717) is 19.8 Å². The van der Waals surface area contributed by atoms with Crippen LogP contribution in [-0.4, -0.2) is 37.7 Å². The third-order valence-corrected chi connectivity index (χ3v) is 2.17. The highest BCUT2D eigenvalue weighted by Crippen LogP contribution is 1.99. The first-order valence-corrected chi connectivity index (χ1v) is 6.21. The monoisotopic (exact) mass is 245 g/mol. The molecular weight excluding hydrogens is 222 g/mol. The van der Waals surface area contributed by atoms with E-state index < -0.39 is 12.0 Å². The fourth-order valence-corrected chi connectivity index (χ4v) is 1.32. The molecule has 0 unspecified atom stereocenters. The molecule has 1 N–H and O–H groups in total. The van der Waals surface area contributed by atoms with Crippen LogP contribution in [0.2, 0.25) is 0 Å². The van der Waals surface area contributed by atoms with Gasteiger partial charge in [-0.3, -0.25) is 9.59 Å². The van der Waals surface area contributed by atoms with E-state index in [1.165, 1.54) is 0 Å². The molecule has 0 saturated carbocycles. The number of rotatable bonds is 9. The van der Waals surface area contributed by atoms with Crippen molar-refractivity contribution in [2.75, 3.05) is 19.8 Å². The zero-order valence-corrected chi connectivity index (χ0v) is 11.0. The maximum atomic E-state index is 11.6. The first kappa shape index (κ1) is 15.9. The summed E-state index contributed by atoms with van der Waals surface area (Å²) in [6.45, 7) is 6.87. The average Bonchev–Trinajstić information content (AvgIpc) is 2.28. The Hall–Kier alpha value is -1.10. The largest absolute Gasteiger partial charge is 0.466 e. The summed E-state index contributed by atoms with van der Waals surface area (Å²) >= 11 is 0. The average molecular weight is 245 g/mol. The molecular formula is C12H23NO4. The van der Waals surface area contributed by atoms with Crippen molar-refractivity contribution in [3.63, 3.8) is 0 Å². The van der Waals surface area contributed by atoms with Crippen molar-refractivity contribution in [1.29, 1.82) is 0 Å². The van der Waals surface area contributed by atoms with Gasteiger partial charge < -0.3 is 14.8 Å². The molecule has 5 heteroatoms. The summed E-state index contributed by atoms with van der Waals surface area (Å²) in [4.78, 5) is 22.9. The van der Waals surface area contributed by atoms with E-state index in [9.17, 15) is 9.59 Å². The van der Waals surface area contributed by atoms with Crippen molar-refractivity contribution in [3.05, 3.63) is 0 Å². The van der Waals surface area contributed by atoms with Crippen molar-refractivity contribution in [2.45, 2.75) is 46.1 Å². The van der Waals surface area contributed by atoms with Crippen LogP contribution in [0.4, 0.5) is 0 Å². The van der Waals surface area contributed by atoms with Gasteiger partial charge >= 0.3 is 11.9 Å². The van der Waals surface area contributed by atoms with E-state index in [4.69, 9.17) is 9.47 Å². The number of unbranched alkanes of at least 4 members (excludes halogenated alkanes) is 1. The summed E-state index contributed by atoms with van der Waals surface area (Å²) in [6.07, 6.45) is 2.01. The molecule has 0 aromatic carbocycles. The summed E-state index contributed by atoms with van der Waals surface area (Å²) in [5, 5.41) is 3.02. The third kappa shape index (κ3) is 7.74. The lowest BCUT2D eigenvalue weighted by atomic mass is 10.2. The van der Waals surface area contributed by atoms with E-state index in [2.05, 4.69) is 12.2 Å². The molecule has 0 aromatic rings.